The van der Waals surface area contributed by atoms with Gasteiger partial charge in [0.1, 0.15) is 11.6 Å². The molecule has 0 aromatic heterocycles. The van der Waals surface area contributed by atoms with Crippen molar-refractivity contribution in [2.45, 2.75) is 18.4 Å². The molecule has 112 valence electrons. The van der Waals surface area contributed by atoms with Crippen LogP contribution in [0, 0.1) is 21.4 Å². The van der Waals surface area contributed by atoms with E-state index in [1.807, 2.05) is 6.07 Å². The lowest BCUT2D eigenvalue weighted by Gasteiger charge is -2.36. The molecular weight excluding hydrogens is 274 g/mol. The van der Waals surface area contributed by atoms with Crippen LogP contribution in [0.5, 0.6) is 0 Å². The first-order chi connectivity index (χ1) is 9.95. The van der Waals surface area contributed by atoms with E-state index in [9.17, 15) is 15.2 Å². The number of benzene rings is 1. The Bertz CT molecular complexity index is 576. The third-order valence-corrected chi connectivity index (χ3v) is 3.69. The number of hydrogen-bond donors (Lipinski definition) is 1. The van der Waals surface area contributed by atoms with Crippen LogP contribution < -0.4 is 4.90 Å². The molecule has 1 aromatic rings. The smallest absolute Gasteiger partial charge is 0.287 e. The molecule has 1 saturated heterocycles. The summed E-state index contributed by atoms with van der Waals surface area (Å²) in [4.78, 5) is 12.0. The zero-order chi connectivity index (χ0) is 15.5. The highest BCUT2D eigenvalue weighted by atomic mass is 16.6. The van der Waals surface area contributed by atoms with Crippen LogP contribution in [-0.4, -0.2) is 42.4 Å². The topological polar surface area (TPSA) is 99.6 Å². The number of ether oxygens (including phenoxy) is 1. The molecule has 1 aliphatic heterocycles. The molecule has 0 aliphatic carbocycles. The molecule has 7 heteroatoms. The molecule has 1 heterocycles. The number of hydrogen-bond acceptors (Lipinski definition) is 6. The predicted molar refractivity (Wildman–Crippen MR) is 76.1 cm³/mol. The van der Waals surface area contributed by atoms with Crippen LogP contribution in [0.15, 0.2) is 18.2 Å². The first-order valence-electron chi connectivity index (χ1n) is 6.65. The zero-order valence-electron chi connectivity index (χ0n) is 11.8. The third-order valence-electron chi connectivity index (χ3n) is 3.69. The Morgan fingerprint density at radius 1 is 1.52 bits per heavy atom. The van der Waals surface area contributed by atoms with Crippen molar-refractivity contribution < 1.29 is 14.8 Å². The normalized spacial score (nSPS) is 17.0. The number of nitro benzene ring substituents is 1. The van der Waals surface area contributed by atoms with Crippen molar-refractivity contribution in [3.63, 3.8) is 0 Å². The van der Waals surface area contributed by atoms with Gasteiger partial charge in [0.25, 0.3) is 5.69 Å². The first kappa shape index (κ1) is 15.2. The van der Waals surface area contributed by atoms with Gasteiger partial charge in [0, 0.05) is 51.4 Å². The van der Waals surface area contributed by atoms with Gasteiger partial charge in [-0.1, -0.05) is 0 Å². The lowest BCUT2D eigenvalue weighted by Crippen LogP contribution is -2.45. The summed E-state index contributed by atoms with van der Waals surface area (Å²) in [6.07, 6.45) is 1.10. The summed E-state index contributed by atoms with van der Waals surface area (Å²) in [6, 6.07) is 6.21. The van der Waals surface area contributed by atoms with Crippen LogP contribution in [0.25, 0.3) is 0 Å². The molecule has 21 heavy (non-hydrogen) atoms. The van der Waals surface area contributed by atoms with Gasteiger partial charge in [0.05, 0.1) is 10.5 Å². The summed E-state index contributed by atoms with van der Waals surface area (Å²) in [5.74, 6) is 0. The van der Waals surface area contributed by atoms with Gasteiger partial charge in [0.15, 0.2) is 0 Å². The van der Waals surface area contributed by atoms with Crippen molar-refractivity contribution in [1.82, 2.24) is 0 Å². The summed E-state index contributed by atoms with van der Waals surface area (Å²) < 4.78 is 5.23. The number of rotatable bonds is 4. The Morgan fingerprint density at radius 3 is 2.76 bits per heavy atom. The maximum atomic E-state index is 10.8. The van der Waals surface area contributed by atoms with E-state index in [2.05, 4.69) is 0 Å². The Balaban J connectivity index is 2.18. The van der Waals surface area contributed by atoms with E-state index in [0.29, 0.717) is 38.3 Å². The van der Waals surface area contributed by atoms with Crippen LogP contribution in [0.4, 0.5) is 11.4 Å². The summed E-state index contributed by atoms with van der Waals surface area (Å²) in [6.45, 7) is 1.43. The Morgan fingerprint density at radius 2 is 2.19 bits per heavy atom. The molecule has 7 nitrogen and oxygen atoms in total. The molecule has 1 fully saturated rings. The second-order valence-corrected chi connectivity index (χ2v) is 5.26. The molecule has 1 aromatic carbocycles. The zero-order valence-corrected chi connectivity index (χ0v) is 11.8. The van der Waals surface area contributed by atoms with Gasteiger partial charge in [-0.2, -0.15) is 5.26 Å². The first-order valence-corrected chi connectivity index (χ1v) is 6.65. The number of likely N-dealkylation sites (N-methyl/N-ethyl adjacent to an activating group) is 1. The highest BCUT2D eigenvalue weighted by Gasteiger charge is 2.31. The molecule has 2 rings (SSSR count). The lowest BCUT2D eigenvalue weighted by molar-refractivity contribution is -0.385. The van der Waals surface area contributed by atoms with Crippen molar-refractivity contribution in [3.05, 3.63) is 33.9 Å². The minimum atomic E-state index is -0.832. The molecule has 0 spiro atoms. The Kier molecular flexibility index (Phi) is 4.40. The van der Waals surface area contributed by atoms with E-state index in [0.717, 1.165) is 0 Å². The van der Waals surface area contributed by atoms with Crippen molar-refractivity contribution in [1.29, 1.82) is 5.26 Å². The lowest BCUT2D eigenvalue weighted by atomic mass is 9.93. The van der Waals surface area contributed by atoms with Crippen molar-refractivity contribution in [3.8, 4) is 6.07 Å². The standard InChI is InChI=1S/C14H17N3O4/c1-16(10-14(18)4-6-21-7-5-14)12-2-3-13(17(19)20)11(8-12)9-15/h2-3,8,18H,4-7,10H2,1H3. The second-order valence-electron chi connectivity index (χ2n) is 5.26. The number of nitro groups is 1. The third kappa shape index (κ3) is 3.48. The average molecular weight is 291 g/mol. The number of aliphatic hydroxyl groups is 1. The Hall–Kier alpha value is -2.17. The van der Waals surface area contributed by atoms with Gasteiger partial charge < -0.3 is 14.7 Å². The van der Waals surface area contributed by atoms with E-state index in [4.69, 9.17) is 10.00 Å². The van der Waals surface area contributed by atoms with Crippen molar-refractivity contribution in [2.24, 2.45) is 0 Å². The molecular formula is C14H17N3O4. The molecule has 0 radical (unpaired) electrons. The van der Waals surface area contributed by atoms with Crippen LogP contribution in [0.1, 0.15) is 18.4 Å². The van der Waals surface area contributed by atoms with Gasteiger partial charge in [-0.3, -0.25) is 10.1 Å². The summed E-state index contributed by atoms with van der Waals surface area (Å²) in [5, 5.41) is 30.3. The van der Waals surface area contributed by atoms with Crippen LogP contribution in [0.3, 0.4) is 0 Å². The molecule has 0 amide bonds. The quantitative estimate of drug-likeness (QED) is 0.665. The van der Waals surface area contributed by atoms with Gasteiger partial charge in [-0.15, -0.1) is 0 Å². The van der Waals surface area contributed by atoms with Crippen molar-refractivity contribution in [2.75, 3.05) is 31.7 Å². The monoisotopic (exact) mass is 291 g/mol. The second kappa shape index (κ2) is 6.08. The predicted octanol–water partition coefficient (Wildman–Crippen LogP) is 1.44. The fourth-order valence-electron chi connectivity index (χ4n) is 2.45. The summed E-state index contributed by atoms with van der Waals surface area (Å²) in [7, 11) is 1.79. The van der Waals surface area contributed by atoms with E-state index in [1.54, 1.807) is 18.0 Å². The molecule has 0 saturated carbocycles. The number of anilines is 1. The van der Waals surface area contributed by atoms with E-state index in [1.165, 1.54) is 12.1 Å². The maximum Gasteiger partial charge on any atom is 0.287 e. The van der Waals surface area contributed by atoms with Crippen LogP contribution in [-0.2, 0) is 4.74 Å². The number of nitrogens with zero attached hydrogens (tertiary/aromatic N) is 3. The Labute approximate surface area is 122 Å². The molecule has 1 aliphatic rings. The van der Waals surface area contributed by atoms with E-state index >= 15 is 0 Å². The molecule has 0 atom stereocenters. The van der Waals surface area contributed by atoms with Gasteiger partial charge >= 0.3 is 0 Å². The average Bonchev–Trinajstić information content (AvgIpc) is 2.46. The summed E-state index contributed by atoms with van der Waals surface area (Å²) in [5.41, 5.74) is -0.360. The molecule has 0 bridgehead atoms. The SMILES string of the molecule is CN(CC1(O)CCOCC1)c1ccc([N+](=O)[O-])c(C#N)c1. The highest BCUT2D eigenvalue weighted by molar-refractivity contribution is 5.59. The number of nitriles is 1. The van der Waals surface area contributed by atoms with Gasteiger partial charge in [0.2, 0.25) is 0 Å². The molecule has 0 unspecified atom stereocenters. The summed E-state index contributed by atoms with van der Waals surface area (Å²) >= 11 is 0. The fraction of sp³-hybridized carbons (Fsp3) is 0.500. The van der Waals surface area contributed by atoms with Gasteiger partial charge in [-0.05, 0) is 12.1 Å². The molecule has 1 N–H and O–H groups in total. The van der Waals surface area contributed by atoms with Gasteiger partial charge in [-0.25, -0.2) is 0 Å². The van der Waals surface area contributed by atoms with Crippen LogP contribution in [0.2, 0.25) is 0 Å². The largest absolute Gasteiger partial charge is 0.388 e. The fourth-order valence-corrected chi connectivity index (χ4v) is 2.45. The minimum Gasteiger partial charge on any atom is -0.388 e. The minimum absolute atomic E-state index is 0.0170. The maximum absolute atomic E-state index is 10.8. The van der Waals surface area contributed by atoms with E-state index in [-0.39, 0.29) is 11.3 Å². The van der Waals surface area contributed by atoms with Crippen molar-refractivity contribution >= 4 is 11.4 Å². The van der Waals surface area contributed by atoms with Crippen LogP contribution >= 0.6 is 0 Å². The van der Waals surface area contributed by atoms with E-state index < -0.39 is 10.5 Å². The highest BCUT2D eigenvalue weighted by Crippen LogP contribution is 2.27.